The van der Waals surface area contributed by atoms with Gasteiger partial charge in [0.05, 0.1) is 6.33 Å². The molecule has 0 spiro atoms. The van der Waals surface area contributed by atoms with Gasteiger partial charge in [-0.1, -0.05) is 0 Å². The Kier molecular flexibility index (Phi) is 7.81. The molecule has 0 bridgehead atoms. The monoisotopic (exact) mass is 508 g/mol. The van der Waals surface area contributed by atoms with Crippen molar-refractivity contribution in [3.05, 3.63) is 6.33 Å². The smallest absolute Gasteiger partial charge is 0.425 e. The fourth-order valence-corrected chi connectivity index (χ4v) is 2.66. The maximum absolute atomic E-state index is 13.1. The van der Waals surface area contributed by atoms with Crippen molar-refractivity contribution in [3.8, 4) is 0 Å². The second-order valence-electron chi connectivity index (χ2n) is 10.7. The van der Waals surface area contributed by atoms with Crippen molar-refractivity contribution in [1.29, 1.82) is 0 Å². The number of hydrogen-bond acceptors (Lipinski definition) is 10. The van der Waals surface area contributed by atoms with Gasteiger partial charge < -0.3 is 23.9 Å². The predicted octanol–water partition coefficient (Wildman–Crippen LogP) is 3.93. The molecule has 2 heterocycles. The van der Waals surface area contributed by atoms with Crippen molar-refractivity contribution in [2.24, 2.45) is 0 Å². The lowest BCUT2D eigenvalue weighted by Gasteiger charge is -2.28. The van der Waals surface area contributed by atoms with Crippen LogP contribution in [0, 0.1) is 0 Å². The van der Waals surface area contributed by atoms with E-state index in [0.717, 1.165) is 10.9 Å². The van der Waals surface area contributed by atoms with Gasteiger partial charge in [0.25, 0.3) is 0 Å². The number of imidazole rings is 1. The standard InChI is InChI=1S/C22H32N6O8/c1-20(2,3)34-17(31)26-16-24-14-13(23-11-27(14)10-12(29)30)15(25-16)28(18(32)35-21(4,5)6)19(33)36-22(7,8)9/h11H,10H2,1-9H3,(H,29,30)(H,24,25,26,31). The number of carbonyl (C=O) groups excluding carboxylic acids is 3. The number of carboxylic acids is 1. The quantitative estimate of drug-likeness (QED) is 0.572. The molecule has 0 fully saturated rings. The lowest BCUT2D eigenvalue weighted by Crippen LogP contribution is -2.44. The van der Waals surface area contributed by atoms with E-state index in [1.54, 1.807) is 62.3 Å². The second kappa shape index (κ2) is 9.95. The zero-order valence-corrected chi connectivity index (χ0v) is 21.8. The van der Waals surface area contributed by atoms with Crippen LogP contribution >= 0.6 is 0 Å². The van der Waals surface area contributed by atoms with Gasteiger partial charge in [-0.05, 0) is 62.3 Å². The number of fused-ring (bicyclic) bond motifs is 1. The Labute approximate surface area is 207 Å². The zero-order valence-electron chi connectivity index (χ0n) is 21.8. The van der Waals surface area contributed by atoms with Crippen LogP contribution in [-0.4, -0.2) is 65.7 Å². The highest BCUT2D eigenvalue weighted by atomic mass is 16.6. The molecular weight excluding hydrogens is 476 g/mol. The van der Waals surface area contributed by atoms with Crippen LogP contribution in [0.5, 0.6) is 0 Å². The van der Waals surface area contributed by atoms with Crippen LogP contribution < -0.4 is 10.2 Å². The molecule has 0 aliphatic rings. The Morgan fingerprint density at radius 3 is 1.83 bits per heavy atom. The number of nitrogens with one attached hydrogen (secondary N) is 1. The Balaban J connectivity index is 2.73. The van der Waals surface area contributed by atoms with Gasteiger partial charge >= 0.3 is 24.2 Å². The number of imide groups is 1. The molecular formula is C22H32N6O8. The van der Waals surface area contributed by atoms with Gasteiger partial charge in [0.15, 0.2) is 17.0 Å². The molecule has 0 unspecified atom stereocenters. The number of carbonyl (C=O) groups is 4. The van der Waals surface area contributed by atoms with Crippen molar-refractivity contribution in [3.63, 3.8) is 0 Å². The predicted molar refractivity (Wildman–Crippen MR) is 128 cm³/mol. The summed E-state index contributed by atoms with van der Waals surface area (Å²) in [5, 5.41) is 11.6. The van der Waals surface area contributed by atoms with Crippen LogP contribution in [0.2, 0.25) is 0 Å². The number of anilines is 2. The molecule has 2 rings (SSSR count). The summed E-state index contributed by atoms with van der Waals surface area (Å²) in [6, 6.07) is 0. The molecule has 14 nitrogen and oxygen atoms in total. The van der Waals surface area contributed by atoms with Gasteiger partial charge in [-0.3, -0.25) is 10.1 Å². The summed E-state index contributed by atoms with van der Waals surface area (Å²) in [5.74, 6) is -1.97. The molecule has 0 aromatic carbocycles. The molecule has 0 atom stereocenters. The average molecular weight is 509 g/mol. The highest BCUT2D eigenvalue weighted by molar-refractivity contribution is 6.13. The largest absolute Gasteiger partial charge is 0.480 e. The van der Waals surface area contributed by atoms with Gasteiger partial charge in [-0.2, -0.15) is 14.9 Å². The molecule has 3 amide bonds. The molecule has 0 aliphatic heterocycles. The highest BCUT2D eigenvalue weighted by Crippen LogP contribution is 2.28. The minimum absolute atomic E-state index is 0.0782. The molecule has 36 heavy (non-hydrogen) atoms. The Hall–Kier alpha value is -3.97. The van der Waals surface area contributed by atoms with Gasteiger partial charge in [0.2, 0.25) is 5.95 Å². The van der Waals surface area contributed by atoms with Crippen molar-refractivity contribution in [2.75, 3.05) is 10.2 Å². The van der Waals surface area contributed by atoms with E-state index in [1.165, 1.54) is 0 Å². The molecule has 2 aromatic heterocycles. The average Bonchev–Trinajstić information content (AvgIpc) is 2.99. The Morgan fingerprint density at radius 2 is 1.39 bits per heavy atom. The summed E-state index contributed by atoms with van der Waals surface area (Å²) < 4.78 is 17.1. The maximum Gasteiger partial charge on any atom is 0.425 e. The number of aliphatic carboxylic acids is 1. The first-order valence-electron chi connectivity index (χ1n) is 11.0. The van der Waals surface area contributed by atoms with Crippen LogP contribution in [-0.2, 0) is 25.5 Å². The van der Waals surface area contributed by atoms with Crippen molar-refractivity contribution < 1.29 is 38.5 Å². The summed E-state index contributed by atoms with van der Waals surface area (Å²) in [6.45, 7) is 14.0. The summed E-state index contributed by atoms with van der Waals surface area (Å²) in [4.78, 5) is 62.9. The molecule has 0 aliphatic carbocycles. The molecule has 0 saturated heterocycles. The molecule has 0 saturated carbocycles. The van der Waals surface area contributed by atoms with Crippen molar-refractivity contribution >= 4 is 47.2 Å². The molecule has 14 heteroatoms. The number of aromatic nitrogens is 4. The van der Waals surface area contributed by atoms with Gasteiger partial charge in [0.1, 0.15) is 23.3 Å². The molecule has 2 N–H and O–H groups in total. The van der Waals surface area contributed by atoms with Crippen LogP contribution in [0.3, 0.4) is 0 Å². The number of carboxylic acid groups (broad SMARTS) is 1. The third kappa shape index (κ3) is 8.06. The van der Waals surface area contributed by atoms with E-state index in [1.807, 2.05) is 0 Å². The number of ether oxygens (including phenoxy) is 3. The Bertz CT molecular complexity index is 1140. The van der Waals surface area contributed by atoms with E-state index >= 15 is 0 Å². The van der Waals surface area contributed by atoms with Crippen LogP contribution in [0.15, 0.2) is 6.33 Å². The third-order valence-electron chi connectivity index (χ3n) is 3.73. The number of amides is 3. The first-order valence-corrected chi connectivity index (χ1v) is 11.0. The summed E-state index contributed by atoms with van der Waals surface area (Å²) >= 11 is 0. The van der Waals surface area contributed by atoms with Crippen LogP contribution in [0.25, 0.3) is 11.2 Å². The van der Waals surface area contributed by atoms with Crippen molar-refractivity contribution in [1.82, 2.24) is 19.5 Å². The number of hydrogen-bond donors (Lipinski definition) is 2. The third-order valence-corrected chi connectivity index (χ3v) is 3.73. The molecule has 0 radical (unpaired) electrons. The first-order chi connectivity index (χ1) is 16.3. The van der Waals surface area contributed by atoms with E-state index < -0.39 is 53.4 Å². The van der Waals surface area contributed by atoms with Gasteiger partial charge in [-0.15, -0.1) is 0 Å². The van der Waals surface area contributed by atoms with Crippen molar-refractivity contribution in [2.45, 2.75) is 85.7 Å². The summed E-state index contributed by atoms with van der Waals surface area (Å²) in [6.07, 6.45) is -2.03. The molecule has 2 aromatic rings. The van der Waals surface area contributed by atoms with Gasteiger partial charge in [0, 0.05) is 0 Å². The minimum atomic E-state index is -1.20. The SMILES string of the molecule is CC(C)(C)OC(=O)Nc1nc(N(C(=O)OC(C)(C)C)C(=O)OC(C)(C)C)c2ncn(CC(=O)O)c2n1. The van der Waals surface area contributed by atoms with E-state index in [2.05, 4.69) is 20.3 Å². The zero-order chi connectivity index (χ0) is 27.6. The number of nitrogens with zero attached hydrogens (tertiary/aromatic N) is 5. The Morgan fingerprint density at radius 1 is 0.889 bits per heavy atom. The van der Waals surface area contributed by atoms with Crippen LogP contribution in [0.1, 0.15) is 62.3 Å². The topological polar surface area (TPSA) is 175 Å². The van der Waals surface area contributed by atoms with E-state index in [-0.39, 0.29) is 17.1 Å². The van der Waals surface area contributed by atoms with Crippen LogP contribution in [0.4, 0.5) is 26.1 Å². The fraction of sp³-hybridized carbons (Fsp3) is 0.591. The van der Waals surface area contributed by atoms with E-state index in [0.29, 0.717) is 4.90 Å². The lowest BCUT2D eigenvalue weighted by molar-refractivity contribution is -0.137. The fourth-order valence-electron chi connectivity index (χ4n) is 2.66. The first kappa shape index (κ1) is 28.3. The van der Waals surface area contributed by atoms with E-state index in [4.69, 9.17) is 14.2 Å². The maximum atomic E-state index is 13.1. The highest BCUT2D eigenvalue weighted by Gasteiger charge is 2.36. The lowest BCUT2D eigenvalue weighted by atomic mass is 10.2. The normalized spacial score (nSPS) is 12.1. The number of rotatable bonds is 4. The summed E-state index contributed by atoms with van der Waals surface area (Å²) in [7, 11) is 0. The van der Waals surface area contributed by atoms with Gasteiger partial charge in [-0.25, -0.2) is 19.4 Å². The minimum Gasteiger partial charge on any atom is -0.480 e. The van der Waals surface area contributed by atoms with E-state index in [9.17, 15) is 24.3 Å². The molecule has 198 valence electrons. The second-order valence-corrected chi connectivity index (χ2v) is 10.7. The summed E-state index contributed by atoms with van der Waals surface area (Å²) in [5.41, 5.74) is -3.03.